The van der Waals surface area contributed by atoms with Gasteiger partial charge in [-0.25, -0.2) is 9.59 Å². The van der Waals surface area contributed by atoms with E-state index < -0.39 is 11.9 Å². The van der Waals surface area contributed by atoms with Crippen LogP contribution in [0.25, 0.3) is 0 Å². The van der Waals surface area contributed by atoms with Gasteiger partial charge in [-0.15, -0.1) is 0 Å². The van der Waals surface area contributed by atoms with Crippen LogP contribution in [-0.2, 0) is 14.3 Å². The Morgan fingerprint density at radius 2 is 1.89 bits per heavy atom. The number of cyclic esters (lactones) is 2. The predicted octanol–water partition coefficient (Wildman–Crippen LogP) is -0.885. The van der Waals surface area contributed by atoms with Crippen LogP contribution in [0.3, 0.4) is 0 Å². The second-order valence-electron chi connectivity index (χ2n) is 1.50. The zero-order valence-electron chi connectivity index (χ0n) is 4.38. The van der Waals surface area contributed by atoms with Crippen molar-refractivity contribution in [2.75, 3.05) is 0 Å². The van der Waals surface area contributed by atoms with E-state index in [9.17, 15) is 9.59 Å². The van der Waals surface area contributed by atoms with Crippen molar-refractivity contribution >= 4 is 21.2 Å². The lowest BCUT2D eigenvalue weighted by Crippen LogP contribution is -2.07. The molecule has 0 amide bonds. The molecule has 0 spiro atoms. The van der Waals surface area contributed by atoms with Gasteiger partial charge < -0.3 is 10.5 Å². The molecule has 0 fully saturated rings. The summed E-state index contributed by atoms with van der Waals surface area (Å²) in [6.07, 6.45) is 0. The Bertz CT molecular complexity index is 198. The van der Waals surface area contributed by atoms with Gasteiger partial charge in [0.1, 0.15) is 5.70 Å². The van der Waals surface area contributed by atoms with Crippen LogP contribution in [0.5, 0.6) is 0 Å². The van der Waals surface area contributed by atoms with E-state index in [1.165, 1.54) is 0 Å². The van der Waals surface area contributed by atoms with E-state index in [-0.39, 0.29) is 11.0 Å². The van der Waals surface area contributed by atoms with Crippen LogP contribution in [0.4, 0.5) is 0 Å². The normalized spacial score (nSPS) is 18.8. The van der Waals surface area contributed by atoms with Crippen molar-refractivity contribution in [1.29, 1.82) is 0 Å². The maximum absolute atomic E-state index is 10.4. The van der Waals surface area contributed by atoms with Gasteiger partial charge in [-0.1, -0.05) is 9.24 Å². The van der Waals surface area contributed by atoms with Crippen molar-refractivity contribution < 1.29 is 14.3 Å². The molecular formula is C4H4NO3P. The zero-order valence-corrected chi connectivity index (χ0v) is 5.53. The van der Waals surface area contributed by atoms with Gasteiger partial charge in [0.25, 0.3) is 0 Å². The summed E-state index contributed by atoms with van der Waals surface area (Å²) in [4.78, 5) is 20.7. The smallest absolute Gasteiger partial charge is 0.363 e. The minimum absolute atomic E-state index is 0.111. The van der Waals surface area contributed by atoms with E-state index in [1.807, 2.05) is 9.24 Å². The van der Waals surface area contributed by atoms with Crippen LogP contribution in [-0.4, -0.2) is 11.9 Å². The summed E-state index contributed by atoms with van der Waals surface area (Å²) in [5.74, 6) is -1.44. The first kappa shape index (κ1) is 6.23. The minimum Gasteiger partial charge on any atom is -0.392 e. The molecule has 5 heteroatoms. The molecule has 0 radical (unpaired) electrons. The fraction of sp³-hybridized carbons (Fsp3) is 0. The Hall–Kier alpha value is -0.890. The molecule has 2 N–H and O–H groups in total. The summed E-state index contributed by atoms with van der Waals surface area (Å²) < 4.78 is 4.09. The summed E-state index contributed by atoms with van der Waals surface area (Å²) in [6.45, 7) is 0. The standard InChI is InChI=1S/C4H4NO3P/c5-1-2(9)4(7)8-3(1)6/h5,9H2. The van der Waals surface area contributed by atoms with Crippen LogP contribution < -0.4 is 5.73 Å². The number of carbonyl (C=O) groups excluding carboxylic acids is 2. The fourth-order valence-electron chi connectivity index (χ4n) is 0.414. The van der Waals surface area contributed by atoms with Gasteiger partial charge in [0.15, 0.2) is 0 Å². The van der Waals surface area contributed by atoms with Crippen molar-refractivity contribution in [3.05, 3.63) is 11.0 Å². The first-order valence-corrected chi connectivity index (χ1v) is 2.72. The Labute approximate surface area is 53.2 Å². The quantitative estimate of drug-likeness (QED) is 0.273. The van der Waals surface area contributed by atoms with E-state index in [4.69, 9.17) is 5.73 Å². The van der Waals surface area contributed by atoms with E-state index >= 15 is 0 Å². The second-order valence-corrected chi connectivity index (χ2v) is 2.08. The molecule has 1 atom stereocenters. The number of hydrogen-bond donors (Lipinski definition) is 1. The average molecular weight is 145 g/mol. The summed E-state index contributed by atoms with van der Waals surface area (Å²) >= 11 is 0. The topological polar surface area (TPSA) is 69.4 Å². The molecule has 0 saturated carbocycles. The molecule has 48 valence electrons. The lowest BCUT2D eigenvalue weighted by atomic mass is 10.4. The molecule has 0 aromatic carbocycles. The largest absolute Gasteiger partial charge is 0.392 e. The molecule has 1 aliphatic rings. The SMILES string of the molecule is NC1=C(P)C(=O)OC1=O. The highest BCUT2D eigenvalue weighted by Crippen LogP contribution is 2.18. The van der Waals surface area contributed by atoms with Crippen molar-refractivity contribution in [2.45, 2.75) is 0 Å². The molecule has 0 saturated heterocycles. The molecule has 1 heterocycles. The molecule has 1 unspecified atom stereocenters. The molecule has 9 heavy (non-hydrogen) atoms. The molecule has 0 aromatic heterocycles. The van der Waals surface area contributed by atoms with Gasteiger partial charge >= 0.3 is 11.9 Å². The third-order valence-corrected chi connectivity index (χ3v) is 1.46. The number of nitrogens with two attached hydrogens (primary N) is 1. The van der Waals surface area contributed by atoms with Gasteiger partial charge in [-0.05, 0) is 0 Å². The van der Waals surface area contributed by atoms with Gasteiger partial charge in [0.2, 0.25) is 0 Å². The Morgan fingerprint density at radius 1 is 1.33 bits per heavy atom. The highest BCUT2D eigenvalue weighted by Gasteiger charge is 2.27. The number of rotatable bonds is 0. The van der Waals surface area contributed by atoms with E-state index in [2.05, 4.69) is 4.74 Å². The minimum atomic E-state index is -0.759. The Morgan fingerprint density at radius 3 is 2.00 bits per heavy atom. The summed E-state index contributed by atoms with van der Waals surface area (Å²) in [5.41, 5.74) is 4.96. The molecule has 0 aliphatic carbocycles. The number of hydrogen-bond acceptors (Lipinski definition) is 4. The second kappa shape index (κ2) is 1.81. The monoisotopic (exact) mass is 145 g/mol. The van der Waals surface area contributed by atoms with E-state index in [1.54, 1.807) is 0 Å². The lowest BCUT2D eigenvalue weighted by Gasteiger charge is -1.83. The first-order chi connectivity index (χ1) is 4.13. The third kappa shape index (κ3) is 0.813. The number of esters is 2. The third-order valence-electron chi connectivity index (χ3n) is 0.915. The molecular weight excluding hydrogens is 141 g/mol. The van der Waals surface area contributed by atoms with Crippen LogP contribution in [0, 0.1) is 0 Å². The van der Waals surface area contributed by atoms with Gasteiger partial charge in [0, 0.05) is 0 Å². The predicted molar refractivity (Wildman–Crippen MR) is 32.0 cm³/mol. The van der Waals surface area contributed by atoms with Crippen LogP contribution in [0.2, 0.25) is 0 Å². The van der Waals surface area contributed by atoms with E-state index in [0.29, 0.717) is 0 Å². The van der Waals surface area contributed by atoms with Crippen molar-refractivity contribution in [3.8, 4) is 0 Å². The lowest BCUT2D eigenvalue weighted by molar-refractivity contribution is -0.150. The zero-order chi connectivity index (χ0) is 7.02. The molecule has 0 aromatic rings. The molecule has 1 rings (SSSR count). The van der Waals surface area contributed by atoms with Crippen LogP contribution in [0.1, 0.15) is 0 Å². The summed E-state index contributed by atoms with van der Waals surface area (Å²) in [5, 5.41) is 0.111. The maximum atomic E-state index is 10.4. The average Bonchev–Trinajstić information content (AvgIpc) is 1.98. The highest BCUT2D eigenvalue weighted by atomic mass is 31.0. The van der Waals surface area contributed by atoms with Gasteiger partial charge in [0.05, 0.1) is 5.31 Å². The number of ether oxygens (including phenoxy) is 1. The van der Waals surface area contributed by atoms with Gasteiger partial charge in [-0.3, -0.25) is 0 Å². The van der Waals surface area contributed by atoms with Gasteiger partial charge in [-0.2, -0.15) is 0 Å². The Balaban J connectivity index is 3.06. The maximum Gasteiger partial charge on any atom is 0.363 e. The molecule has 4 nitrogen and oxygen atoms in total. The highest BCUT2D eigenvalue weighted by molar-refractivity contribution is 7.25. The first-order valence-electron chi connectivity index (χ1n) is 2.14. The van der Waals surface area contributed by atoms with Crippen molar-refractivity contribution in [1.82, 2.24) is 0 Å². The molecule has 1 aliphatic heterocycles. The Kier molecular flexibility index (Phi) is 1.25. The van der Waals surface area contributed by atoms with E-state index in [0.717, 1.165) is 0 Å². The van der Waals surface area contributed by atoms with Crippen molar-refractivity contribution in [3.63, 3.8) is 0 Å². The molecule has 0 bridgehead atoms. The summed E-state index contributed by atoms with van der Waals surface area (Å²) in [7, 11) is 2.03. The van der Waals surface area contributed by atoms with Crippen LogP contribution >= 0.6 is 9.24 Å². The fourth-order valence-corrected chi connectivity index (χ4v) is 0.591. The van der Waals surface area contributed by atoms with Crippen molar-refractivity contribution in [2.24, 2.45) is 5.73 Å². The van der Waals surface area contributed by atoms with Crippen LogP contribution in [0.15, 0.2) is 11.0 Å². The number of carbonyl (C=O) groups is 2. The summed E-state index contributed by atoms with van der Waals surface area (Å²) in [6, 6.07) is 0.